The molecule has 0 saturated carbocycles. The molecule has 0 unspecified atom stereocenters. The summed E-state index contributed by atoms with van der Waals surface area (Å²) in [5.74, 6) is 0.163. The summed E-state index contributed by atoms with van der Waals surface area (Å²) in [6.07, 6.45) is 1.90. The Morgan fingerprint density at radius 2 is 1.95 bits per heavy atom. The molecule has 1 aliphatic rings. The number of nitrogens with zero attached hydrogens (tertiary/aromatic N) is 1. The number of rotatable bonds is 5. The number of hydrogen-bond acceptors (Lipinski definition) is 3. The molecule has 2 rings (SSSR count). The van der Waals surface area contributed by atoms with Crippen molar-refractivity contribution in [2.45, 2.75) is 25.9 Å². The highest BCUT2D eigenvalue weighted by Crippen LogP contribution is 2.33. The van der Waals surface area contributed by atoms with Gasteiger partial charge in [0.25, 0.3) is 10.2 Å². The maximum atomic E-state index is 11.8. The summed E-state index contributed by atoms with van der Waals surface area (Å²) in [5.41, 5.74) is 2.33. The minimum Gasteiger partial charge on any atom is -0.373 e. The fourth-order valence-electron chi connectivity index (χ4n) is 2.52. The van der Waals surface area contributed by atoms with Crippen molar-refractivity contribution in [2.75, 3.05) is 27.2 Å². The van der Waals surface area contributed by atoms with Gasteiger partial charge in [-0.3, -0.25) is 0 Å². The lowest BCUT2D eigenvalue weighted by Gasteiger charge is -2.32. The van der Waals surface area contributed by atoms with Gasteiger partial charge in [-0.25, -0.2) is 4.72 Å². The highest BCUT2D eigenvalue weighted by molar-refractivity contribution is 7.87. The summed E-state index contributed by atoms with van der Waals surface area (Å²) >= 11 is 0. The lowest BCUT2D eigenvalue weighted by atomic mass is 9.89. The van der Waals surface area contributed by atoms with Crippen LogP contribution in [0.1, 0.15) is 30.1 Å². The number of benzene rings is 1. The quantitative estimate of drug-likeness (QED) is 0.903. The molecule has 2 atom stereocenters. The molecule has 1 aliphatic heterocycles. The van der Waals surface area contributed by atoms with Crippen molar-refractivity contribution in [1.82, 2.24) is 9.03 Å². The molecule has 1 aromatic rings. The third-order valence-corrected chi connectivity index (χ3v) is 5.35. The molecule has 21 heavy (non-hydrogen) atoms. The van der Waals surface area contributed by atoms with Gasteiger partial charge in [-0.1, -0.05) is 29.8 Å². The van der Waals surface area contributed by atoms with Crippen LogP contribution >= 0.6 is 0 Å². The van der Waals surface area contributed by atoms with Gasteiger partial charge in [0.15, 0.2) is 0 Å². The minimum atomic E-state index is -3.38. The van der Waals surface area contributed by atoms with Crippen LogP contribution in [-0.4, -0.2) is 40.0 Å². The Balaban J connectivity index is 2.07. The van der Waals surface area contributed by atoms with Crippen LogP contribution in [0.25, 0.3) is 0 Å². The van der Waals surface area contributed by atoms with Crippen molar-refractivity contribution >= 4 is 10.2 Å². The Bertz CT molecular complexity index is 555. The minimum absolute atomic E-state index is 0.0378. The fraction of sp³-hybridized carbons (Fsp3) is 0.600. The van der Waals surface area contributed by atoms with Gasteiger partial charge in [0, 0.05) is 33.2 Å². The third-order valence-electron chi connectivity index (χ3n) is 3.86. The van der Waals surface area contributed by atoms with Crippen molar-refractivity contribution in [3.05, 3.63) is 35.4 Å². The molecule has 1 saturated heterocycles. The van der Waals surface area contributed by atoms with Gasteiger partial charge < -0.3 is 4.74 Å². The number of nitrogens with one attached hydrogen (secondary N) is 1. The highest BCUT2D eigenvalue weighted by atomic mass is 32.2. The van der Waals surface area contributed by atoms with Gasteiger partial charge >= 0.3 is 0 Å². The SMILES string of the molecule is Cc1ccc([C@@H]2OCCC[C@H]2CNS(=O)(=O)N(C)C)cc1. The van der Waals surface area contributed by atoms with E-state index in [0.717, 1.165) is 25.0 Å². The molecule has 0 bridgehead atoms. The first-order valence-corrected chi connectivity index (χ1v) is 8.69. The van der Waals surface area contributed by atoms with Gasteiger partial charge in [-0.2, -0.15) is 12.7 Å². The van der Waals surface area contributed by atoms with E-state index < -0.39 is 10.2 Å². The fourth-order valence-corrected chi connectivity index (χ4v) is 3.20. The predicted molar refractivity (Wildman–Crippen MR) is 83.2 cm³/mol. The first-order chi connectivity index (χ1) is 9.90. The molecule has 5 nitrogen and oxygen atoms in total. The third kappa shape index (κ3) is 4.26. The Hall–Kier alpha value is -0.950. The van der Waals surface area contributed by atoms with E-state index in [-0.39, 0.29) is 12.0 Å². The van der Waals surface area contributed by atoms with Crippen molar-refractivity contribution in [1.29, 1.82) is 0 Å². The second-order valence-electron chi connectivity index (χ2n) is 5.74. The van der Waals surface area contributed by atoms with Crippen LogP contribution in [0.4, 0.5) is 0 Å². The lowest BCUT2D eigenvalue weighted by Crippen LogP contribution is -2.40. The maximum absolute atomic E-state index is 11.8. The molecule has 0 aliphatic carbocycles. The van der Waals surface area contributed by atoms with E-state index in [1.54, 1.807) is 0 Å². The normalized spacial score (nSPS) is 23.4. The van der Waals surface area contributed by atoms with Crippen molar-refractivity contribution in [3.8, 4) is 0 Å². The molecule has 1 heterocycles. The van der Waals surface area contributed by atoms with Crippen LogP contribution in [0.5, 0.6) is 0 Å². The van der Waals surface area contributed by atoms with Crippen LogP contribution in [0.3, 0.4) is 0 Å². The summed E-state index contributed by atoms with van der Waals surface area (Å²) in [4.78, 5) is 0. The molecule has 1 N–H and O–H groups in total. The van der Waals surface area contributed by atoms with Crippen LogP contribution in [0.2, 0.25) is 0 Å². The Morgan fingerprint density at radius 3 is 2.57 bits per heavy atom. The maximum Gasteiger partial charge on any atom is 0.278 e. The second-order valence-corrected chi connectivity index (χ2v) is 7.71. The molecule has 1 aromatic carbocycles. The number of ether oxygens (including phenoxy) is 1. The largest absolute Gasteiger partial charge is 0.373 e. The van der Waals surface area contributed by atoms with Crippen LogP contribution in [0, 0.1) is 12.8 Å². The number of aryl methyl sites for hydroxylation is 1. The Kier molecular flexibility index (Phi) is 5.37. The van der Waals surface area contributed by atoms with E-state index >= 15 is 0 Å². The zero-order valence-corrected chi connectivity index (χ0v) is 13.7. The van der Waals surface area contributed by atoms with E-state index in [4.69, 9.17) is 4.74 Å². The van der Waals surface area contributed by atoms with Gasteiger partial charge in [-0.05, 0) is 25.3 Å². The average molecular weight is 312 g/mol. The zero-order valence-electron chi connectivity index (χ0n) is 12.9. The summed E-state index contributed by atoms with van der Waals surface area (Å²) < 4.78 is 33.4. The van der Waals surface area contributed by atoms with Crippen molar-refractivity contribution in [3.63, 3.8) is 0 Å². The molecule has 0 radical (unpaired) electrons. The molecule has 1 fully saturated rings. The molecule has 0 amide bonds. The summed E-state index contributed by atoms with van der Waals surface area (Å²) in [6, 6.07) is 8.26. The van der Waals surface area contributed by atoms with Gasteiger partial charge in [0.05, 0.1) is 6.10 Å². The zero-order chi connectivity index (χ0) is 15.5. The van der Waals surface area contributed by atoms with E-state index in [2.05, 4.69) is 29.0 Å². The average Bonchev–Trinajstić information content (AvgIpc) is 2.46. The molecule has 118 valence electrons. The predicted octanol–water partition coefficient (Wildman–Crippen LogP) is 1.86. The monoisotopic (exact) mass is 312 g/mol. The summed E-state index contributed by atoms with van der Waals surface area (Å²) in [5, 5.41) is 0. The van der Waals surface area contributed by atoms with Gasteiger partial charge in [0.1, 0.15) is 0 Å². The van der Waals surface area contributed by atoms with E-state index in [9.17, 15) is 8.42 Å². The standard InChI is InChI=1S/C15H24N2O3S/c1-12-6-8-13(9-7-12)15-14(5-4-10-20-15)11-16-21(18,19)17(2)3/h6-9,14-16H,4-5,10-11H2,1-3H3/t14-,15-/m0/s1. The van der Waals surface area contributed by atoms with E-state index in [1.165, 1.54) is 24.0 Å². The first-order valence-electron chi connectivity index (χ1n) is 7.25. The van der Waals surface area contributed by atoms with Crippen molar-refractivity contribution < 1.29 is 13.2 Å². The molecular weight excluding hydrogens is 288 g/mol. The summed E-state index contributed by atoms with van der Waals surface area (Å²) in [6.45, 7) is 3.18. The lowest BCUT2D eigenvalue weighted by molar-refractivity contribution is -0.0263. The highest BCUT2D eigenvalue weighted by Gasteiger charge is 2.28. The van der Waals surface area contributed by atoms with Crippen LogP contribution in [-0.2, 0) is 14.9 Å². The molecular formula is C15H24N2O3S. The topological polar surface area (TPSA) is 58.6 Å². The number of hydrogen-bond donors (Lipinski definition) is 1. The van der Waals surface area contributed by atoms with Crippen molar-refractivity contribution in [2.24, 2.45) is 5.92 Å². The van der Waals surface area contributed by atoms with Crippen LogP contribution < -0.4 is 4.72 Å². The van der Waals surface area contributed by atoms with Gasteiger partial charge in [0.2, 0.25) is 0 Å². The van der Waals surface area contributed by atoms with Crippen LogP contribution in [0.15, 0.2) is 24.3 Å². The van der Waals surface area contributed by atoms with E-state index in [0.29, 0.717) is 6.54 Å². The van der Waals surface area contributed by atoms with Gasteiger partial charge in [-0.15, -0.1) is 0 Å². The summed E-state index contributed by atoms with van der Waals surface area (Å²) in [7, 11) is -0.332. The Morgan fingerprint density at radius 1 is 1.29 bits per heavy atom. The Labute approximate surface area is 127 Å². The van der Waals surface area contributed by atoms with E-state index in [1.807, 2.05) is 6.92 Å². The molecule has 0 spiro atoms. The second kappa shape index (κ2) is 6.87. The molecule has 0 aromatic heterocycles. The smallest absolute Gasteiger partial charge is 0.278 e. The molecule has 6 heteroatoms. The first kappa shape index (κ1) is 16.4.